The van der Waals surface area contributed by atoms with Crippen molar-refractivity contribution in [3.8, 4) is 0 Å². The van der Waals surface area contributed by atoms with E-state index in [2.05, 4.69) is 4.98 Å². The molecule has 0 spiro atoms. The van der Waals surface area contributed by atoms with Gasteiger partial charge in [0.15, 0.2) is 0 Å². The highest BCUT2D eigenvalue weighted by molar-refractivity contribution is 6.34. The van der Waals surface area contributed by atoms with Gasteiger partial charge < -0.3 is 5.11 Å². The van der Waals surface area contributed by atoms with E-state index < -0.39 is 6.10 Å². The van der Waals surface area contributed by atoms with E-state index in [0.717, 1.165) is 16.5 Å². The zero-order valence-corrected chi connectivity index (χ0v) is 11.9. The number of aliphatic hydroxyl groups excluding tert-OH is 1. The van der Waals surface area contributed by atoms with E-state index in [1.54, 1.807) is 24.4 Å². The molecule has 0 saturated carbocycles. The smallest absolute Gasteiger partial charge is 0.104 e. The molecule has 1 N–H and O–H groups in total. The number of nitrogens with zero attached hydrogens (tertiary/aromatic N) is 1. The molecule has 0 saturated heterocycles. The summed E-state index contributed by atoms with van der Waals surface area (Å²) < 4.78 is 0. The van der Waals surface area contributed by atoms with E-state index in [9.17, 15) is 5.11 Å². The Morgan fingerprint density at radius 3 is 2.40 bits per heavy atom. The van der Waals surface area contributed by atoms with E-state index in [0.29, 0.717) is 15.6 Å². The summed E-state index contributed by atoms with van der Waals surface area (Å²) in [5, 5.41) is 12.5. The molecule has 0 fully saturated rings. The first-order valence-corrected chi connectivity index (χ1v) is 6.88. The molecule has 100 valence electrons. The van der Waals surface area contributed by atoms with Crippen LogP contribution >= 0.6 is 23.2 Å². The number of hydrogen-bond acceptors (Lipinski definition) is 2. The van der Waals surface area contributed by atoms with Crippen molar-refractivity contribution in [3.05, 3.63) is 75.9 Å². The normalized spacial score (nSPS) is 12.6. The van der Waals surface area contributed by atoms with Crippen LogP contribution in [0.25, 0.3) is 10.9 Å². The van der Waals surface area contributed by atoms with Crippen molar-refractivity contribution in [1.82, 2.24) is 4.98 Å². The zero-order valence-electron chi connectivity index (χ0n) is 10.4. The summed E-state index contributed by atoms with van der Waals surface area (Å²) in [6.45, 7) is 0. The van der Waals surface area contributed by atoms with Gasteiger partial charge in [0.05, 0.1) is 5.52 Å². The molecule has 1 aromatic heterocycles. The van der Waals surface area contributed by atoms with Crippen LogP contribution < -0.4 is 0 Å². The van der Waals surface area contributed by atoms with Gasteiger partial charge in [0.1, 0.15) is 6.10 Å². The Labute approximate surface area is 126 Å². The fourth-order valence-electron chi connectivity index (χ4n) is 2.19. The maximum Gasteiger partial charge on any atom is 0.104 e. The third-order valence-corrected chi connectivity index (χ3v) is 3.58. The van der Waals surface area contributed by atoms with Crippen molar-refractivity contribution >= 4 is 34.1 Å². The highest BCUT2D eigenvalue weighted by Gasteiger charge is 2.12. The Bertz CT molecular complexity index is 753. The van der Waals surface area contributed by atoms with Gasteiger partial charge in [-0.3, -0.25) is 4.98 Å². The maximum absolute atomic E-state index is 10.5. The molecule has 20 heavy (non-hydrogen) atoms. The molecule has 1 atom stereocenters. The van der Waals surface area contributed by atoms with Crippen molar-refractivity contribution in [2.24, 2.45) is 0 Å². The number of hydrogen-bond donors (Lipinski definition) is 1. The second kappa shape index (κ2) is 5.41. The van der Waals surface area contributed by atoms with E-state index >= 15 is 0 Å². The van der Waals surface area contributed by atoms with Crippen molar-refractivity contribution in [2.75, 3.05) is 0 Å². The van der Waals surface area contributed by atoms with Crippen LogP contribution in [-0.2, 0) is 0 Å². The fraction of sp³-hybridized carbons (Fsp3) is 0.0625. The molecule has 0 aliphatic rings. The summed E-state index contributed by atoms with van der Waals surface area (Å²) in [5.41, 5.74) is 2.35. The topological polar surface area (TPSA) is 33.1 Å². The number of benzene rings is 2. The van der Waals surface area contributed by atoms with Crippen LogP contribution in [0.5, 0.6) is 0 Å². The van der Waals surface area contributed by atoms with Gasteiger partial charge >= 0.3 is 0 Å². The number of pyridine rings is 1. The first-order valence-electron chi connectivity index (χ1n) is 6.12. The average molecular weight is 304 g/mol. The lowest BCUT2D eigenvalue weighted by atomic mass is 10.00. The van der Waals surface area contributed by atoms with Crippen LogP contribution in [0, 0.1) is 0 Å². The van der Waals surface area contributed by atoms with Crippen molar-refractivity contribution in [2.45, 2.75) is 6.10 Å². The third-order valence-electron chi connectivity index (χ3n) is 3.14. The molecule has 3 rings (SSSR count). The fourth-order valence-corrected chi connectivity index (χ4v) is 2.73. The molecule has 2 aromatic carbocycles. The summed E-state index contributed by atoms with van der Waals surface area (Å²) >= 11 is 11.9. The standard InChI is InChI=1S/C16H11Cl2NO/c17-13-7-12(8-14(18)9-13)16(20)11-3-4-15-10(6-11)2-1-5-19-15/h1-9,16,20H. The van der Waals surface area contributed by atoms with Crippen LogP contribution in [0.3, 0.4) is 0 Å². The van der Waals surface area contributed by atoms with Gasteiger partial charge in [-0.2, -0.15) is 0 Å². The number of fused-ring (bicyclic) bond motifs is 1. The van der Waals surface area contributed by atoms with Crippen LogP contribution in [0.15, 0.2) is 54.7 Å². The van der Waals surface area contributed by atoms with E-state index in [1.165, 1.54) is 0 Å². The third kappa shape index (κ3) is 2.63. The highest BCUT2D eigenvalue weighted by atomic mass is 35.5. The van der Waals surface area contributed by atoms with Gasteiger partial charge in [0, 0.05) is 21.6 Å². The molecular weight excluding hydrogens is 293 g/mol. The van der Waals surface area contributed by atoms with Crippen molar-refractivity contribution in [3.63, 3.8) is 0 Å². The van der Waals surface area contributed by atoms with Gasteiger partial charge in [-0.05, 0) is 47.5 Å². The van der Waals surface area contributed by atoms with Crippen LogP contribution in [-0.4, -0.2) is 10.1 Å². The minimum Gasteiger partial charge on any atom is -0.384 e. The summed E-state index contributed by atoms with van der Waals surface area (Å²) in [7, 11) is 0. The first-order chi connectivity index (χ1) is 9.63. The average Bonchev–Trinajstić information content (AvgIpc) is 2.45. The van der Waals surface area contributed by atoms with Gasteiger partial charge in [-0.1, -0.05) is 35.3 Å². The molecule has 4 heteroatoms. The minimum atomic E-state index is -0.768. The quantitative estimate of drug-likeness (QED) is 0.749. The van der Waals surface area contributed by atoms with Gasteiger partial charge in [-0.25, -0.2) is 0 Å². The van der Waals surface area contributed by atoms with Crippen molar-refractivity contribution in [1.29, 1.82) is 0 Å². The molecule has 0 radical (unpaired) electrons. The predicted octanol–water partition coefficient (Wildman–Crippen LogP) is 4.62. The maximum atomic E-state index is 10.5. The molecule has 3 aromatic rings. The molecule has 0 aliphatic heterocycles. The van der Waals surface area contributed by atoms with E-state index in [-0.39, 0.29) is 0 Å². The lowest BCUT2D eigenvalue weighted by molar-refractivity contribution is 0.220. The lowest BCUT2D eigenvalue weighted by Gasteiger charge is -2.13. The Hall–Kier alpha value is -1.61. The van der Waals surface area contributed by atoms with Crippen molar-refractivity contribution < 1.29 is 5.11 Å². The monoisotopic (exact) mass is 303 g/mol. The second-order valence-electron chi connectivity index (χ2n) is 4.56. The Kier molecular flexibility index (Phi) is 3.62. The van der Waals surface area contributed by atoms with Gasteiger partial charge in [0.2, 0.25) is 0 Å². The molecule has 1 heterocycles. The zero-order chi connectivity index (χ0) is 14.1. The number of halogens is 2. The van der Waals surface area contributed by atoms with Crippen LogP contribution in [0.4, 0.5) is 0 Å². The highest BCUT2D eigenvalue weighted by Crippen LogP contribution is 2.29. The van der Waals surface area contributed by atoms with Gasteiger partial charge in [0.25, 0.3) is 0 Å². The number of aliphatic hydroxyl groups is 1. The molecule has 0 aliphatic carbocycles. The van der Waals surface area contributed by atoms with E-state index in [1.807, 2.05) is 30.3 Å². The van der Waals surface area contributed by atoms with Crippen LogP contribution in [0.1, 0.15) is 17.2 Å². The second-order valence-corrected chi connectivity index (χ2v) is 5.43. The molecule has 0 bridgehead atoms. The minimum absolute atomic E-state index is 0.508. The van der Waals surface area contributed by atoms with Gasteiger partial charge in [-0.15, -0.1) is 0 Å². The summed E-state index contributed by atoms with van der Waals surface area (Å²) in [4.78, 5) is 4.26. The first kappa shape index (κ1) is 13.4. The Balaban J connectivity index is 2.05. The summed E-state index contributed by atoms with van der Waals surface area (Å²) in [5.74, 6) is 0. The molecule has 0 amide bonds. The summed E-state index contributed by atoms with van der Waals surface area (Å²) in [6, 6.07) is 14.6. The Morgan fingerprint density at radius 1 is 0.900 bits per heavy atom. The lowest BCUT2D eigenvalue weighted by Crippen LogP contribution is -1.99. The molecule has 1 unspecified atom stereocenters. The molecule has 2 nitrogen and oxygen atoms in total. The van der Waals surface area contributed by atoms with E-state index in [4.69, 9.17) is 23.2 Å². The molecular formula is C16H11Cl2NO. The van der Waals surface area contributed by atoms with Crippen LogP contribution in [0.2, 0.25) is 10.0 Å². The largest absolute Gasteiger partial charge is 0.384 e. The number of aromatic nitrogens is 1. The Morgan fingerprint density at radius 2 is 1.65 bits per heavy atom. The predicted molar refractivity (Wildman–Crippen MR) is 82.3 cm³/mol. The number of rotatable bonds is 2. The SMILES string of the molecule is OC(c1cc(Cl)cc(Cl)c1)c1ccc2ncccc2c1. The summed E-state index contributed by atoms with van der Waals surface area (Å²) in [6.07, 6.45) is 0.977.